The molecule has 116 valence electrons. The molecule has 1 saturated heterocycles. The number of anilines is 1. The number of rotatable bonds is 2. The van der Waals surface area contributed by atoms with Gasteiger partial charge in [-0.25, -0.2) is 0 Å². The molecular weight excluding hydrogens is 286 g/mol. The Morgan fingerprint density at radius 1 is 1.10 bits per heavy atom. The molecule has 0 spiro atoms. The molecule has 0 saturated carbocycles. The van der Waals surface area contributed by atoms with E-state index in [-0.39, 0.29) is 5.69 Å². The lowest BCUT2D eigenvalue weighted by Crippen LogP contribution is -2.41. The monoisotopic (exact) mass is 303 g/mol. The number of alkyl halides is 3. The first kappa shape index (κ1) is 16.0. The van der Waals surface area contributed by atoms with E-state index < -0.39 is 30.4 Å². The standard InChI is InChI=1S/C13H17BF3NO3/c1-11(2)12(3,4)21-14(20-11)8-5-6-9(18)10(7-8)19-13(15,16)17/h5-7H,18H2,1-4H3. The van der Waals surface area contributed by atoms with Gasteiger partial charge in [0.1, 0.15) is 0 Å². The van der Waals surface area contributed by atoms with E-state index in [0.717, 1.165) is 0 Å². The van der Waals surface area contributed by atoms with E-state index in [1.54, 1.807) is 6.07 Å². The minimum atomic E-state index is -4.80. The number of hydrogen-bond acceptors (Lipinski definition) is 4. The van der Waals surface area contributed by atoms with Crippen LogP contribution in [0.15, 0.2) is 18.2 Å². The molecule has 8 heteroatoms. The highest BCUT2D eigenvalue weighted by Crippen LogP contribution is 2.37. The molecule has 0 amide bonds. The highest BCUT2D eigenvalue weighted by atomic mass is 19.4. The summed E-state index contributed by atoms with van der Waals surface area (Å²) < 4.78 is 52.5. The summed E-state index contributed by atoms with van der Waals surface area (Å²) in [7, 11) is -0.772. The van der Waals surface area contributed by atoms with Gasteiger partial charge in [-0.1, -0.05) is 6.07 Å². The number of nitrogen functional groups attached to an aromatic ring is 1. The maximum Gasteiger partial charge on any atom is 0.573 e. The van der Waals surface area contributed by atoms with Crippen molar-refractivity contribution in [3.63, 3.8) is 0 Å². The Balaban J connectivity index is 2.29. The Kier molecular flexibility index (Phi) is 3.66. The highest BCUT2D eigenvalue weighted by molar-refractivity contribution is 6.62. The number of benzene rings is 1. The fourth-order valence-electron chi connectivity index (χ4n) is 1.89. The van der Waals surface area contributed by atoms with E-state index in [1.165, 1.54) is 12.1 Å². The Bertz CT molecular complexity index is 530. The van der Waals surface area contributed by atoms with Crippen molar-refractivity contribution in [1.82, 2.24) is 0 Å². The van der Waals surface area contributed by atoms with Crippen LogP contribution in [-0.4, -0.2) is 24.7 Å². The van der Waals surface area contributed by atoms with Gasteiger partial charge in [0.25, 0.3) is 0 Å². The molecule has 1 aromatic rings. The fourth-order valence-corrected chi connectivity index (χ4v) is 1.89. The van der Waals surface area contributed by atoms with E-state index in [1.807, 2.05) is 27.7 Å². The third-order valence-corrected chi connectivity index (χ3v) is 3.79. The lowest BCUT2D eigenvalue weighted by atomic mass is 9.79. The van der Waals surface area contributed by atoms with Crippen LogP contribution >= 0.6 is 0 Å². The number of ether oxygens (including phenoxy) is 1. The van der Waals surface area contributed by atoms with Crippen molar-refractivity contribution in [2.24, 2.45) is 0 Å². The quantitative estimate of drug-likeness (QED) is 0.673. The SMILES string of the molecule is CC1(C)OB(c2ccc(N)c(OC(F)(F)F)c2)OC1(C)C. The molecule has 1 aliphatic rings. The van der Waals surface area contributed by atoms with Crippen molar-refractivity contribution in [2.75, 3.05) is 5.73 Å². The summed E-state index contributed by atoms with van der Waals surface area (Å²) in [6.07, 6.45) is -4.80. The normalized spacial score (nSPS) is 20.6. The van der Waals surface area contributed by atoms with Gasteiger partial charge in [0.2, 0.25) is 0 Å². The molecule has 0 bridgehead atoms. The van der Waals surface area contributed by atoms with Crippen LogP contribution in [0.5, 0.6) is 5.75 Å². The molecule has 0 radical (unpaired) electrons. The van der Waals surface area contributed by atoms with Gasteiger partial charge in [0, 0.05) is 0 Å². The topological polar surface area (TPSA) is 53.7 Å². The second-order valence-electron chi connectivity index (χ2n) is 5.93. The molecule has 0 unspecified atom stereocenters. The van der Waals surface area contributed by atoms with E-state index in [2.05, 4.69) is 4.74 Å². The van der Waals surface area contributed by atoms with Crippen LogP contribution in [0.25, 0.3) is 0 Å². The van der Waals surface area contributed by atoms with E-state index in [4.69, 9.17) is 15.0 Å². The molecular formula is C13H17BF3NO3. The summed E-state index contributed by atoms with van der Waals surface area (Å²) >= 11 is 0. The maximum atomic E-state index is 12.3. The van der Waals surface area contributed by atoms with Gasteiger partial charge in [-0.2, -0.15) is 0 Å². The molecule has 1 heterocycles. The number of halogens is 3. The van der Waals surface area contributed by atoms with Crippen LogP contribution in [0.4, 0.5) is 18.9 Å². The average Bonchev–Trinajstić information content (AvgIpc) is 2.49. The van der Waals surface area contributed by atoms with Crippen LogP contribution in [0.2, 0.25) is 0 Å². The van der Waals surface area contributed by atoms with E-state index in [0.29, 0.717) is 5.46 Å². The van der Waals surface area contributed by atoms with Gasteiger partial charge >= 0.3 is 13.5 Å². The van der Waals surface area contributed by atoms with Crippen molar-refractivity contribution in [1.29, 1.82) is 0 Å². The minimum Gasteiger partial charge on any atom is -0.404 e. The van der Waals surface area contributed by atoms with Gasteiger partial charge in [-0.15, -0.1) is 13.2 Å². The van der Waals surface area contributed by atoms with Crippen molar-refractivity contribution in [2.45, 2.75) is 45.3 Å². The summed E-state index contributed by atoms with van der Waals surface area (Å²) in [4.78, 5) is 0. The second kappa shape index (κ2) is 4.81. The van der Waals surface area contributed by atoms with Gasteiger partial charge in [0.05, 0.1) is 16.9 Å². The zero-order valence-corrected chi connectivity index (χ0v) is 12.2. The van der Waals surface area contributed by atoms with Crippen LogP contribution in [-0.2, 0) is 9.31 Å². The highest BCUT2D eigenvalue weighted by Gasteiger charge is 2.51. The average molecular weight is 303 g/mol. The minimum absolute atomic E-state index is 0.104. The first-order chi connectivity index (χ1) is 9.41. The molecule has 2 N–H and O–H groups in total. The fraction of sp³-hybridized carbons (Fsp3) is 0.538. The first-order valence-electron chi connectivity index (χ1n) is 6.42. The van der Waals surface area contributed by atoms with Gasteiger partial charge in [-0.3, -0.25) is 0 Å². The zero-order chi connectivity index (χ0) is 16.1. The Morgan fingerprint density at radius 2 is 1.62 bits per heavy atom. The van der Waals surface area contributed by atoms with Crippen LogP contribution in [0.3, 0.4) is 0 Å². The second-order valence-corrected chi connectivity index (χ2v) is 5.93. The summed E-state index contributed by atoms with van der Waals surface area (Å²) in [5.41, 5.74) is 4.65. The number of nitrogens with two attached hydrogens (primary N) is 1. The van der Waals surface area contributed by atoms with Gasteiger partial charge in [0.15, 0.2) is 5.75 Å². The van der Waals surface area contributed by atoms with Crippen molar-refractivity contribution >= 4 is 18.3 Å². The predicted molar refractivity (Wildman–Crippen MR) is 73.3 cm³/mol. The zero-order valence-electron chi connectivity index (χ0n) is 12.2. The molecule has 4 nitrogen and oxygen atoms in total. The van der Waals surface area contributed by atoms with Gasteiger partial charge in [-0.05, 0) is 45.3 Å². The third-order valence-electron chi connectivity index (χ3n) is 3.79. The molecule has 1 aromatic carbocycles. The van der Waals surface area contributed by atoms with Crippen molar-refractivity contribution in [3.8, 4) is 5.75 Å². The predicted octanol–water partition coefficient (Wildman–Crippen LogP) is 2.47. The summed E-state index contributed by atoms with van der Waals surface area (Å²) in [5, 5.41) is 0. The van der Waals surface area contributed by atoms with Crippen LogP contribution in [0, 0.1) is 0 Å². The molecule has 0 atom stereocenters. The summed E-state index contributed by atoms with van der Waals surface area (Å²) in [6.45, 7) is 7.43. The lowest BCUT2D eigenvalue weighted by Gasteiger charge is -2.32. The summed E-state index contributed by atoms with van der Waals surface area (Å²) in [5.74, 6) is -0.463. The Hall–Kier alpha value is -1.41. The molecule has 1 aliphatic heterocycles. The van der Waals surface area contributed by atoms with Gasteiger partial charge < -0.3 is 19.8 Å². The lowest BCUT2D eigenvalue weighted by molar-refractivity contribution is -0.274. The van der Waals surface area contributed by atoms with E-state index >= 15 is 0 Å². The molecule has 21 heavy (non-hydrogen) atoms. The smallest absolute Gasteiger partial charge is 0.404 e. The maximum absolute atomic E-state index is 12.3. The molecule has 2 rings (SSSR count). The molecule has 0 aliphatic carbocycles. The Labute approximate surface area is 121 Å². The largest absolute Gasteiger partial charge is 0.573 e. The van der Waals surface area contributed by atoms with Crippen molar-refractivity contribution in [3.05, 3.63) is 18.2 Å². The summed E-state index contributed by atoms with van der Waals surface area (Å²) in [6, 6.07) is 4.08. The third kappa shape index (κ3) is 3.27. The van der Waals surface area contributed by atoms with Crippen LogP contribution in [0.1, 0.15) is 27.7 Å². The molecule has 0 aromatic heterocycles. The first-order valence-corrected chi connectivity index (χ1v) is 6.42. The number of hydrogen-bond donors (Lipinski definition) is 1. The van der Waals surface area contributed by atoms with E-state index in [9.17, 15) is 13.2 Å². The molecule has 1 fully saturated rings. The van der Waals surface area contributed by atoms with Crippen molar-refractivity contribution < 1.29 is 27.2 Å². The van der Waals surface area contributed by atoms with Crippen LogP contribution < -0.4 is 15.9 Å². The Morgan fingerprint density at radius 3 is 2.10 bits per heavy atom.